The summed E-state index contributed by atoms with van der Waals surface area (Å²) >= 11 is 2.78. The van der Waals surface area contributed by atoms with Crippen molar-refractivity contribution in [3.63, 3.8) is 0 Å². The quantitative estimate of drug-likeness (QED) is 0.556. The molecule has 4 aromatic rings. The van der Waals surface area contributed by atoms with Gasteiger partial charge in [0.05, 0.1) is 5.69 Å². The summed E-state index contributed by atoms with van der Waals surface area (Å²) in [5, 5.41) is 22.6. The van der Waals surface area contributed by atoms with Gasteiger partial charge in [-0.1, -0.05) is 29.7 Å². The van der Waals surface area contributed by atoms with Crippen LogP contribution in [0.1, 0.15) is 25.2 Å². The average molecular weight is 360 g/mol. The molecule has 0 bridgehead atoms. The molecule has 0 saturated heterocycles. The number of hydrogen-bond donors (Lipinski definition) is 0. The summed E-state index contributed by atoms with van der Waals surface area (Å²) in [5.74, 6) is 1.26. The van der Waals surface area contributed by atoms with Crippen molar-refractivity contribution in [3.8, 4) is 21.4 Å². The van der Waals surface area contributed by atoms with Crippen molar-refractivity contribution in [2.24, 2.45) is 13.0 Å². The first-order valence-electron chi connectivity index (χ1n) is 7.57. The second-order valence-corrected chi connectivity index (χ2v) is 7.77. The highest BCUT2D eigenvalue weighted by Crippen LogP contribution is 2.30. The number of hydrogen-bond acceptors (Lipinski definition) is 8. The van der Waals surface area contributed by atoms with E-state index >= 15 is 0 Å². The van der Waals surface area contributed by atoms with Crippen LogP contribution in [0.15, 0.2) is 6.07 Å². The number of rotatable bonds is 4. The van der Waals surface area contributed by atoms with Crippen LogP contribution in [0.5, 0.6) is 0 Å². The molecule has 4 heterocycles. The molecule has 0 aromatic carbocycles. The van der Waals surface area contributed by atoms with Gasteiger partial charge in [0.1, 0.15) is 10.6 Å². The lowest BCUT2D eigenvalue weighted by Gasteiger charge is -2.03. The van der Waals surface area contributed by atoms with E-state index in [1.807, 2.05) is 18.7 Å². The van der Waals surface area contributed by atoms with Crippen molar-refractivity contribution in [1.82, 2.24) is 39.2 Å². The van der Waals surface area contributed by atoms with Crippen LogP contribution in [0.3, 0.4) is 0 Å². The van der Waals surface area contributed by atoms with Crippen LogP contribution in [-0.2, 0) is 13.5 Å². The number of aromatic nitrogens is 8. The van der Waals surface area contributed by atoms with E-state index in [4.69, 9.17) is 0 Å². The third-order valence-electron chi connectivity index (χ3n) is 3.66. The molecule has 4 aromatic heterocycles. The van der Waals surface area contributed by atoms with Gasteiger partial charge in [-0.05, 0) is 36.9 Å². The Morgan fingerprint density at radius 3 is 2.71 bits per heavy atom. The predicted molar refractivity (Wildman–Crippen MR) is 93.0 cm³/mol. The van der Waals surface area contributed by atoms with Gasteiger partial charge in [-0.15, -0.1) is 15.3 Å². The average Bonchev–Trinajstić information content (AvgIpc) is 3.24. The van der Waals surface area contributed by atoms with Crippen LogP contribution >= 0.6 is 22.9 Å². The smallest absolute Gasteiger partial charge is 0.235 e. The lowest BCUT2D eigenvalue weighted by Crippen LogP contribution is -2.02. The Balaban J connectivity index is 1.77. The SMILES string of the molecule is Cc1nnsc1-c1nnc2sc(-c3cc(CC(C)C)n(C)n3)nn12. The summed E-state index contributed by atoms with van der Waals surface area (Å²) in [4.78, 5) is 1.63. The Morgan fingerprint density at radius 2 is 2.00 bits per heavy atom. The molecule has 24 heavy (non-hydrogen) atoms. The molecule has 8 nitrogen and oxygen atoms in total. The van der Waals surface area contributed by atoms with Crippen LogP contribution in [0.4, 0.5) is 0 Å². The lowest BCUT2D eigenvalue weighted by atomic mass is 10.1. The minimum Gasteiger partial charge on any atom is -0.272 e. The van der Waals surface area contributed by atoms with E-state index in [9.17, 15) is 0 Å². The maximum absolute atomic E-state index is 4.66. The van der Waals surface area contributed by atoms with E-state index in [-0.39, 0.29) is 0 Å². The van der Waals surface area contributed by atoms with E-state index in [2.05, 4.69) is 49.9 Å². The second-order valence-electron chi connectivity index (χ2n) is 6.06. The van der Waals surface area contributed by atoms with Crippen molar-refractivity contribution >= 4 is 27.8 Å². The molecule has 0 atom stereocenters. The fourth-order valence-electron chi connectivity index (χ4n) is 2.52. The first-order chi connectivity index (χ1) is 11.5. The minimum absolute atomic E-state index is 0.583. The van der Waals surface area contributed by atoms with Crippen LogP contribution < -0.4 is 0 Å². The van der Waals surface area contributed by atoms with Crippen LogP contribution in [-0.4, -0.2) is 39.2 Å². The molecule has 10 heteroatoms. The van der Waals surface area contributed by atoms with E-state index in [0.717, 1.165) is 32.7 Å². The van der Waals surface area contributed by atoms with E-state index in [1.165, 1.54) is 28.6 Å². The normalized spacial score (nSPS) is 11.9. The Bertz CT molecular complexity index is 1010. The van der Waals surface area contributed by atoms with Crippen LogP contribution in [0.25, 0.3) is 26.4 Å². The molecule has 0 spiro atoms. The van der Waals surface area contributed by atoms with Crippen molar-refractivity contribution in [3.05, 3.63) is 17.5 Å². The van der Waals surface area contributed by atoms with Gasteiger partial charge in [0.15, 0.2) is 10.8 Å². The highest BCUT2D eigenvalue weighted by Gasteiger charge is 2.19. The van der Waals surface area contributed by atoms with Gasteiger partial charge in [0, 0.05) is 12.7 Å². The topological polar surface area (TPSA) is 86.7 Å². The van der Waals surface area contributed by atoms with Gasteiger partial charge in [-0.25, -0.2) is 0 Å². The van der Waals surface area contributed by atoms with Gasteiger partial charge in [-0.3, -0.25) is 4.68 Å². The lowest BCUT2D eigenvalue weighted by molar-refractivity contribution is 0.596. The molecule has 0 aliphatic carbocycles. The third kappa shape index (κ3) is 2.51. The first-order valence-corrected chi connectivity index (χ1v) is 9.16. The molecule has 0 amide bonds. The summed E-state index contributed by atoms with van der Waals surface area (Å²) in [6.07, 6.45) is 0.991. The fraction of sp³-hybridized carbons (Fsp3) is 0.429. The molecule has 0 aliphatic rings. The molecule has 0 N–H and O–H groups in total. The van der Waals surface area contributed by atoms with Crippen LogP contribution in [0, 0.1) is 12.8 Å². The highest BCUT2D eigenvalue weighted by atomic mass is 32.1. The van der Waals surface area contributed by atoms with Crippen molar-refractivity contribution in [2.75, 3.05) is 0 Å². The molecule has 0 saturated carbocycles. The van der Waals surface area contributed by atoms with E-state index in [0.29, 0.717) is 11.7 Å². The van der Waals surface area contributed by atoms with Gasteiger partial charge >= 0.3 is 0 Å². The van der Waals surface area contributed by atoms with Crippen molar-refractivity contribution in [2.45, 2.75) is 27.2 Å². The second kappa shape index (κ2) is 5.71. The monoisotopic (exact) mass is 360 g/mol. The standard InChI is InChI=1S/C14H16N8S2/c1-7(2)5-9-6-10(18-21(9)4)13-19-22-12(16-17-14(22)23-13)11-8(3)15-20-24-11/h6-7H,5H2,1-4H3. The van der Waals surface area contributed by atoms with E-state index < -0.39 is 0 Å². The zero-order valence-corrected chi connectivity index (χ0v) is 15.4. The molecule has 0 aliphatic heterocycles. The Labute approximate surface area is 146 Å². The largest absolute Gasteiger partial charge is 0.272 e. The maximum Gasteiger partial charge on any atom is 0.235 e. The Hall–Kier alpha value is -2.20. The molecule has 124 valence electrons. The third-order valence-corrected chi connectivity index (χ3v) is 5.40. The fourth-order valence-corrected chi connectivity index (χ4v) is 3.94. The van der Waals surface area contributed by atoms with Gasteiger partial charge in [0.25, 0.3) is 0 Å². The molecular weight excluding hydrogens is 344 g/mol. The number of aryl methyl sites for hydroxylation is 2. The molecular formula is C14H16N8S2. The summed E-state index contributed by atoms with van der Waals surface area (Å²) < 4.78 is 7.64. The Morgan fingerprint density at radius 1 is 1.17 bits per heavy atom. The maximum atomic E-state index is 4.66. The molecule has 0 unspecified atom stereocenters. The zero-order valence-electron chi connectivity index (χ0n) is 13.8. The van der Waals surface area contributed by atoms with Crippen molar-refractivity contribution in [1.29, 1.82) is 0 Å². The summed E-state index contributed by atoms with van der Waals surface area (Å²) in [7, 11) is 1.97. The zero-order chi connectivity index (χ0) is 16.8. The number of nitrogens with zero attached hydrogens (tertiary/aromatic N) is 8. The minimum atomic E-state index is 0.583. The molecule has 0 fully saturated rings. The Kier molecular flexibility index (Phi) is 3.65. The summed E-state index contributed by atoms with van der Waals surface area (Å²) in [5.41, 5.74) is 2.91. The summed E-state index contributed by atoms with van der Waals surface area (Å²) in [6, 6.07) is 2.10. The molecule has 4 rings (SSSR count). The predicted octanol–water partition coefficient (Wildman–Crippen LogP) is 2.61. The van der Waals surface area contributed by atoms with Gasteiger partial charge < -0.3 is 0 Å². The van der Waals surface area contributed by atoms with Gasteiger partial charge in [-0.2, -0.15) is 14.7 Å². The highest BCUT2D eigenvalue weighted by molar-refractivity contribution is 7.19. The van der Waals surface area contributed by atoms with Crippen LogP contribution in [0.2, 0.25) is 0 Å². The van der Waals surface area contributed by atoms with Crippen molar-refractivity contribution < 1.29 is 0 Å². The van der Waals surface area contributed by atoms with Gasteiger partial charge in [0.2, 0.25) is 4.96 Å². The first kappa shape index (κ1) is 15.3. The molecule has 0 radical (unpaired) electrons. The summed E-state index contributed by atoms with van der Waals surface area (Å²) in [6.45, 7) is 6.31. The number of fused-ring (bicyclic) bond motifs is 1. The van der Waals surface area contributed by atoms with E-state index in [1.54, 1.807) is 4.52 Å².